The lowest BCUT2D eigenvalue weighted by Gasteiger charge is -2.28. The van der Waals surface area contributed by atoms with Gasteiger partial charge in [-0.3, -0.25) is 0 Å². The van der Waals surface area contributed by atoms with E-state index in [9.17, 15) is 0 Å². The molecule has 3 aromatic heterocycles. The van der Waals surface area contributed by atoms with E-state index in [4.69, 9.17) is 43.1 Å². The first-order valence-electron chi connectivity index (χ1n) is 13.0. The highest BCUT2D eigenvalue weighted by atomic mass is 35.5. The van der Waals surface area contributed by atoms with Gasteiger partial charge in [0.15, 0.2) is 5.65 Å². The summed E-state index contributed by atoms with van der Waals surface area (Å²) in [6, 6.07) is 5.26. The van der Waals surface area contributed by atoms with Crippen molar-refractivity contribution in [3.63, 3.8) is 0 Å². The Morgan fingerprint density at radius 3 is 2.76 bits per heavy atom. The number of ether oxygens (including phenoxy) is 3. The number of anilines is 3. The Bertz CT molecular complexity index is 1290. The standard InChI is InChI=1S/C25H35Cl2N7O3Si/c1-38(2,3)10-9-35-15-33-13-18(26)21-22(31-25(27)32-23(21)33)29-7-4-8-36-24-19(28)5-6-20(30-24)34-12-17-11-16(34)14-37-17/h5-6,13,16-17H,4,7-12,14-15,28H2,1-3H3,(H,29,31,32). The van der Waals surface area contributed by atoms with Gasteiger partial charge in [0, 0.05) is 34.0 Å². The molecule has 38 heavy (non-hydrogen) atoms. The normalized spacial score (nSPS) is 19.0. The van der Waals surface area contributed by atoms with Gasteiger partial charge in [0.05, 0.1) is 41.5 Å². The van der Waals surface area contributed by atoms with Crippen LogP contribution in [0.3, 0.4) is 0 Å². The number of aromatic nitrogens is 4. The van der Waals surface area contributed by atoms with E-state index in [1.807, 2.05) is 16.7 Å². The lowest BCUT2D eigenvalue weighted by atomic mass is 10.2. The Hall–Kier alpha value is -2.31. The van der Waals surface area contributed by atoms with E-state index in [0.717, 1.165) is 31.4 Å². The second-order valence-corrected chi connectivity index (χ2v) is 17.4. The van der Waals surface area contributed by atoms with Crippen LogP contribution in [0.25, 0.3) is 11.0 Å². The van der Waals surface area contributed by atoms with Crippen LogP contribution in [0.2, 0.25) is 36.0 Å². The van der Waals surface area contributed by atoms with Gasteiger partial charge in [0.25, 0.3) is 0 Å². The Morgan fingerprint density at radius 2 is 2.03 bits per heavy atom. The monoisotopic (exact) mass is 579 g/mol. The third-order valence-corrected chi connectivity index (χ3v) is 8.95. The predicted octanol–water partition coefficient (Wildman–Crippen LogP) is 4.89. The number of halogens is 2. The van der Waals surface area contributed by atoms with Crippen molar-refractivity contribution in [2.45, 2.75) is 57.4 Å². The van der Waals surface area contributed by atoms with Crippen LogP contribution >= 0.6 is 23.2 Å². The molecule has 10 nitrogen and oxygen atoms in total. The van der Waals surface area contributed by atoms with Crippen molar-refractivity contribution < 1.29 is 14.2 Å². The van der Waals surface area contributed by atoms with Crippen molar-refractivity contribution in [1.82, 2.24) is 19.5 Å². The van der Waals surface area contributed by atoms with Crippen LogP contribution in [0.5, 0.6) is 5.88 Å². The van der Waals surface area contributed by atoms with Gasteiger partial charge in [-0.1, -0.05) is 31.2 Å². The number of fused-ring (bicyclic) bond motifs is 3. The van der Waals surface area contributed by atoms with Crippen molar-refractivity contribution in [2.24, 2.45) is 0 Å². The fourth-order valence-corrected chi connectivity index (χ4v) is 5.94. The van der Waals surface area contributed by atoms with E-state index in [0.29, 0.717) is 78.5 Å². The summed E-state index contributed by atoms with van der Waals surface area (Å²) in [6.07, 6.45) is 3.84. The molecule has 206 valence electrons. The second kappa shape index (κ2) is 11.4. The minimum atomic E-state index is -1.17. The maximum Gasteiger partial charge on any atom is 0.239 e. The van der Waals surface area contributed by atoms with Crippen LogP contribution in [0, 0.1) is 0 Å². The molecule has 2 fully saturated rings. The number of nitrogen functional groups attached to an aromatic ring is 1. The quantitative estimate of drug-likeness (QED) is 0.176. The van der Waals surface area contributed by atoms with Gasteiger partial charge in [-0.25, -0.2) is 0 Å². The molecule has 2 aliphatic rings. The van der Waals surface area contributed by atoms with Gasteiger partial charge in [-0.2, -0.15) is 15.0 Å². The second-order valence-electron chi connectivity index (χ2n) is 11.0. The molecule has 0 radical (unpaired) electrons. The zero-order valence-corrected chi connectivity index (χ0v) is 24.6. The van der Waals surface area contributed by atoms with E-state index in [-0.39, 0.29) is 5.28 Å². The molecular formula is C25H35Cl2N7O3Si. The number of nitrogens with zero attached hydrogens (tertiary/aromatic N) is 5. The fourth-order valence-electron chi connectivity index (χ4n) is 4.73. The van der Waals surface area contributed by atoms with E-state index in [1.165, 1.54) is 0 Å². The zero-order chi connectivity index (χ0) is 26.9. The number of morpholine rings is 1. The summed E-state index contributed by atoms with van der Waals surface area (Å²) in [5.41, 5.74) is 7.28. The smallest absolute Gasteiger partial charge is 0.239 e. The first kappa shape index (κ1) is 27.3. The molecule has 2 unspecified atom stereocenters. The molecular weight excluding hydrogens is 545 g/mol. The van der Waals surface area contributed by atoms with Gasteiger partial charge in [-0.15, -0.1) is 0 Å². The molecule has 13 heteroatoms. The van der Waals surface area contributed by atoms with Gasteiger partial charge in [-0.05, 0) is 42.6 Å². The molecule has 3 N–H and O–H groups in total. The van der Waals surface area contributed by atoms with Gasteiger partial charge < -0.3 is 34.7 Å². The number of hydrogen-bond donors (Lipinski definition) is 2. The molecule has 0 aliphatic carbocycles. The van der Waals surface area contributed by atoms with Crippen molar-refractivity contribution in [3.8, 4) is 5.88 Å². The largest absolute Gasteiger partial charge is 0.476 e. The molecule has 0 amide bonds. The number of hydrogen-bond acceptors (Lipinski definition) is 9. The minimum absolute atomic E-state index is 0.143. The Kier molecular flexibility index (Phi) is 8.20. The average Bonchev–Trinajstić information content (AvgIpc) is 3.57. The Balaban J connectivity index is 1.16. The Labute approximate surface area is 233 Å². The number of nitrogens with one attached hydrogen (secondary N) is 1. The first-order chi connectivity index (χ1) is 18.2. The van der Waals surface area contributed by atoms with Gasteiger partial charge >= 0.3 is 0 Å². The highest BCUT2D eigenvalue weighted by molar-refractivity contribution is 6.76. The fraction of sp³-hybridized carbons (Fsp3) is 0.560. The summed E-state index contributed by atoms with van der Waals surface area (Å²) in [5.74, 6) is 1.91. The lowest BCUT2D eigenvalue weighted by molar-refractivity contribution is 0.0899. The molecule has 5 rings (SSSR count). The zero-order valence-electron chi connectivity index (χ0n) is 22.0. The Morgan fingerprint density at radius 1 is 1.18 bits per heavy atom. The van der Waals surface area contributed by atoms with Crippen LogP contribution in [0.15, 0.2) is 18.3 Å². The molecule has 0 spiro atoms. The van der Waals surface area contributed by atoms with Crippen LogP contribution in [0.4, 0.5) is 17.3 Å². The summed E-state index contributed by atoms with van der Waals surface area (Å²) >= 11 is 12.8. The molecule has 5 heterocycles. The summed E-state index contributed by atoms with van der Waals surface area (Å²) in [6.45, 7) is 10.7. The molecule has 2 atom stereocenters. The maximum absolute atomic E-state index is 6.56. The average molecular weight is 581 g/mol. The highest BCUT2D eigenvalue weighted by Gasteiger charge is 2.39. The maximum atomic E-state index is 6.56. The van der Waals surface area contributed by atoms with Crippen molar-refractivity contribution >= 4 is 59.6 Å². The molecule has 0 aromatic carbocycles. The van der Waals surface area contributed by atoms with Gasteiger partial charge in [0.2, 0.25) is 11.2 Å². The minimum Gasteiger partial charge on any atom is -0.476 e. The summed E-state index contributed by atoms with van der Waals surface area (Å²) in [4.78, 5) is 15.7. The molecule has 2 saturated heterocycles. The third-order valence-electron chi connectivity index (χ3n) is 6.79. The van der Waals surface area contributed by atoms with Crippen LogP contribution in [-0.4, -0.2) is 72.6 Å². The van der Waals surface area contributed by atoms with E-state index >= 15 is 0 Å². The number of rotatable bonds is 12. The van der Waals surface area contributed by atoms with Gasteiger partial charge in [0.1, 0.15) is 18.4 Å². The predicted molar refractivity (Wildman–Crippen MR) is 154 cm³/mol. The summed E-state index contributed by atoms with van der Waals surface area (Å²) in [5, 5.41) is 4.72. The van der Waals surface area contributed by atoms with Crippen LogP contribution in [0.1, 0.15) is 12.8 Å². The number of pyridine rings is 1. The molecule has 2 bridgehead atoms. The van der Waals surface area contributed by atoms with E-state index < -0.39 is 8.07 Å². The molecule has 2 aliphatic heterocycles. The van der Waals surface area contributed by atoms with E-state index in [2.05, 4.69) is 44.8 Å². The third kappa shape index (κ3) is 6.28. The van der Waals surface area contributed by atoms with Crippen LogP contribution < -0.4 is 20.7 Å². The molecule has 0 saturated carbocycles. The number of nitrogens with two attached hydrogens (primary N) is 1. The van der Waals surface area contributed by atoms with Crippen molar-refractivity contribution in [1.29, 1.82) is 0 Å². The van der Waals surface area contributed by atoms with Crippen molar-refractivity contribution in [2.75, 3.05) is 48.9 Å². The SMILES string of the molecule is C[Si](C)(C)CCOCn1cc(Cl)c2c(NCCCOc3nc(N4CC5CC4CO5)ccc3N)nc(Cl)nc21. The highest BCUT2D eigenvalue weighted by Crippen LogP contribution is 2.34. The van der Waals surface area contributed by atoms with E-state index in [1.54, 1.807) is 6.20 Å². The van der Waals surface area contributed by atoms with Crippen molar-refractivity contribution in [3.05, 3.63) is 28.6 Å². The first-order valence-corrected chi connectivity index (χ1v) is 17.5. The lowest BCUT2D eigenvalue weighted by Crippen LogP contribution is -2.37. The summed E-state index contributed by atoms with van der Waals surface area (Å²) in [7, 11) is -1.17. The summed E-state index contributed by atoms with van der Waals surface area (Å²) < 4.78 is 19.4. The molecule has 3 aromatic rings. The topological polar surface area (TPSA) is 113 Å². The van der Waals surface area contributed by atoms with Crippen LogP contribution in [-0.2, 0) is 16.2 Å².